The highest BCUT2D eigenvalue weighted by Gasteiger charge is 2.31. The minimum atomic E-state index is 0.0156. The Labute approximate surface area is 84.7 Å². The normalized spacial score (nSPS) is 28.7. The summed E-state index contributed by atoms with van der Waals surface area (Å²) >= 11 is 0. The average Bonchev–Trinajstić information content (AvgIpc) is 2.46. The Kier molecular flexibility index (Phi) is 2.54. The average molecular weight is 194 g/mol. The monoisotopic (exact) mass is 194 g/mol. The minimum Gasteiger partial charge on any atom is -0.305 e. The minimum absolute atomic E-state index is 0.0156. The molecule has 1 aliphatic rings. The van der Waals surface area contributed by atoms with Gasteiger partial charge in [0.05, 0.1) is 5.54 Å². The van der Waals surface area contributed by atoms with Gasteiger partial charge >= 0.3 is 0 Å². The first-order valence-corrected chi connectivity index (χ1v) is 5.32. The first kappa shape index (κ1) is 9.65. The van der Waals surface area contributed by atoms with Crippen LogP contribution < -0.4 is 5.32 Å². The number of hydrogen-bond donors (Lipinski definition) is 1. The summed E-state index contributed by atoms with van der Waals surface area (Å²) in [5.74, 6) is 1.06. The van der Waals surface area contributed by atoms with Gasteiger partial charge in [0, 0.05) is 7.05 Å². The molecule has 0 radical (unpaired) electrons. The molecule has 0 aromatic carbocycles. The summed E-state index contributed by atoms with van der Waals surface area (Å²) in [7, 11) is 1.96. The molecule has 14 heavy (non-hydrogen) atoms. The molecule has 1 N–H and O–H groups in total. The molecule has 1 aromatic rings. The van der Waals surface area contributed by atoms with Crippen molar-refractivity contribution in [3.8, 4) is 0 Å². The molecule has 78 valence electrons. The van der Waals surface area contributed by atoms with Crippen molar-refractivity contribution < 1.29 is 0 Å². The molecular formula is C10H18N4. The fourth-order valence-electron chi connectivity index (χ4n) is 2.22. The van der Waals surface area contributed by atoms with Crippen LogP contribution in [0.3, 0.4) is 0 Å². The number of nitrogens with one attached hydrogen (secondary N) is 1. The van der Waals surface area contributed by atoms with Crippen molar-refractivity contribution in [1.82, 2.24) is 20.1 Å². The van der Waals surface area contributed by atoms with Crippen molar-refractivity contribution in [2.45, 2.75) is 38.1 Å². The lowest BCUT2D eigenvalue weighted by Gasteiger charge is -2.27. The van der Waals surface area contributed by atoms with Crippen LogP contribution in [0.5, 0.6) is 0 Å². The van der Waals surface area contributed by atoms with Crippen molar-refractivity contribution in [2.75, 3.05) is 6.54 Å². The number of hydrogen-bond acceptors (Lipinski definition) is 3. The van der Waals surface area contributed by atoms with Crippen LogP contribution in [-0.4, -0.2) is 21.3 Å². The molecule has 2 rings (SSSR count). The highest BCUT2D eigenvalue weighted by molar-refractivity contribution is 5.04. The fraction of sp³-hybridized carbons (Fsp3) is 0.800. The zero-order chi connectivity index (χ0) is 10.0. The van der Waals surface area contributed by atoms with Gasteiger partial charge in [-0.05, 0) is 26.3 Å². The molecule has 0 aliphatic carbocycles. The molecule has 1 saturated heterocycles. The lowest BCUT2D eigenvalue weighted by Crippen LogP contribution is -2.41. The van der Waals surface area contributed by atoms with E-state index in [4.69, 9.17) is 0 Å². The molecule has 1 fully saturated rings. The van der Waals surface area contributed by atoms with Crippen LogP contribution >= 0.6 is 0 Å². The molecule has 0 bridgehead atoms. The van der Waals surface area contributed by atoms with E-state index in [1.165, 1.54) is 19.3 Å². The maximum Gasteiger partial charge on any atom is 0.146 e. The number of nitrogens with zero attached hydrogens (tertiary/aromatic N) is 3. The zero-order valence-corrected chi connectivity index (χ0v) is 8.95. The fourth-order valence-corrected chi connectivity index (χ4v) is 2.22. The van der Waals surface area contributed by atoms with E-state index in [0.717, 1.165) is 18.8 Å². The SMILES string of the molecule is Cn1ncnc1C1(C)CCCCCN1. The third-order valence-corrected chi connectivity index (χ3v) is 3.07. The van der Waals surface area contributed by atoms with Gasteiger partial charge in [-0.3, -0.25) is 4.68 Å². The predicted octanol–water partition coefficient (Wildman–Crippen LogP) is 1.19. The molecule has 4 heteroatoms. The van der Waals surface area contributed by atoms with Crippen LogP contribution in [0.4, 0.5) is 0 Å². The number of aromatic nitrogens is 3. The Morgan fingerprint density at radius 3 is 3.00 bits per heavy atom. The Morgan fingerprint density at radius 2 is 2.29 bits per heavy atom. The van der Waals surface area contributed by atoms with Crippen molar-refractivity contribution in [3.05, 3.63) is 12.2 Å². The first-order chi connectivity index (χ1) is 6.72. The van der Waals surface area contributed by atoms with E-state index < -0.39 is 0 Å². The van der Waals surface area contributed by atoms with Gasteiger partial charge in [-0.25, -0.2) is 4.98 Å². The van der Waals surface area contributed by atoms with Crippen LogP contribution in [-0.2, 0) is 12.6 Å². The Balaban J connectivity index is 2.25. The van der Waals surface area contributed by atoms with Gasteiger partial charge < -0.3 is 5.32 Å². The Morgan fingerprint density at radius 1 is 1.43 bits per heavy atom. The number of rotatable bonds is 1. The molecule has 2 heterocycles. The second-order valence-corrected chi connectivity index (χ2v) is 4.28. The molecule has 1 unspecified atom stereocenters. The third-order valence-electron chi connectivity index (χ3n) is 3.07. The van der Waals surface area contributed by atoms with E-state index in [1.807, 2.05) is 11.7 Å². The summed E-state index contributed by atoms with van der Waals surface area (Å²) in [5, 5.41) is 7.71. The van der Waals surface area contributed by atoms with Crippen molar-refractivity contribution in [1.29, 1.82) is 0 Å². The lowest BCUT2D eigenvalue weighted by molar-refractivity contribution is 0.326. The van der Waals surface area contributed by atoms with Crippen LogP contribution in [0.1, 0.15) is 38.4 Å². The number of aryl methyl sites for hydroxylation is 1. The van der Waals surface area contributed by atoms with E-state index >= 15 is 0 Å². The summed E-state index contributed by atoms with van der Waals surface area (Å²) in [5.41, 5.74) is 0.0156. The Bertz CT molecular complexity index is 297. The van der Waals surface area contributed by atoms with Crippen LogP contribution in [0.25, 0.3) is 0 Å². The van der Waals surface area contributed by atoms with Gasteiger partial charge in [-0.1, -0.05) is 12.8 Å². The second kappa shape index (κ2) is 3.69. The smallest absolute Gasteiger partial charge is 0.146 e. The Hall–Kier alpha value is -0.900. The summed E-state index contributed by atoms with van der Waals surface area (Å²) < 4.78 is 1.87. The van der Waals surface area contributed by atoms with Gasteiger partial charge in [0.15, 0.2) is 0 Å². The van der Waals surface area contributed by atoms with E-state index in [0.29, 0.717) is 0 Å². The van der Waals surface area contributed by atoms with Crippen LogP contribution in [0, 0.1) is 0 Å². The quantitative estimate of drug-likeness (QED) is 0.730. The van der Waals surface area contributed by atoms with E-state index in [9.17, 15) is 0 Å². The van der Waals surface area contributed by atoms with Crippen LogP contribution in [0.15, 0.2) is 6.33 Å². The topological polar surface area (TPSA) is 42.7 Å². The standard InChI is InChI=1S/C10H18N4/c1-10(6-4-3-5-7-12-10)9-11-8-13-14(9)2/h8,12H,3-7H2,1-2H3. The van der Waals surface area contributed by atoms with Crippen molar-refractivity contribution in [3.63, 3.8) is 0 Å². The van der Waals surface area contributed by atoms with E-state index in [1.54, 1.807) is 6.33 Å². The molecule has 0 saturated carbocycles. The van der Waals surface area contributed by atoms with E-state index in [2.05, 4.69) is 22.3 Å². The van der Waals surface area contributed by atoms with Gasteiger partial charge in [-0.2, -0.15) is 5.10 Å². The summed E-state index contributed by atoms with van der Waals surface area (Å²) in [4.78, 5) is 4.34. The molecule has 0 amide bonds. The summed E-state index contributed by atoms with van der Waals surface area (Å²) in [6.45, 7) is 3.31. The first-order valence-electron chi connectivity index (χ1n) is 5.32. The maximum absolute atomic E-state index is 4.34. The largest absolute Gasteiger partial charge is 0.305 e. The molecular weight excluding hydrogens is 176 g/mol. The molecule has 1 aliphatic heterocycles. The second-order valence-electron chi connectivity index (χ2n) is 4.28. The zero-order valence-electron chi connectivity index (χ0n) is 8.95. The predicted molar refractivity (Wildman–Crippen MR) is 54.8 cm³/mol. The van der Waals surface area contributed by atoms with Gasteiger partial charge in [-0.15, -0.1) is 0 Å². The molecule has 1 aromatic heterocycles. The highest BCUT2D eigenvalue weighted by Crippen LogP contribution is 2.27. The third kappa shape index (κ3) is 1.66. The highest BCUT2D eigenvalue weighted by atomic mass is 15.3. The van der Waals surface area contributed by atoms with Crippen LogP contribution in [0.2, 0.25) is 0 Å². The van der Waals surface area contributed by atoms with Crippen molar-refractivity contribution >= 4 is 0 Å². The molecule has 4 nitrogen and oxygen atoms in total. The van der Waals surface area contributed by atoms with Gasteiger partial charge in [0.25, 0.3) is 0 Å². The van der Waals surface area contributed by atoms with E-state index in [-0.39, 0.29) is 5.54 Å². The van der Waals surface area contributed by atoms with Gasteiger partial charge in [0.2, 0.25) is 0 Å². The van der Waals surface area contributed by atoms with Gasteiger partial charge in [0.1, 0.15) is 12.2 Å². The summed E-state index contributed by atoms with van der Waals surface area (Å²) in [6, 6.07) is 0. The molecule has 1 atom stereocenters. The lowest BCUT2D eigenvalue weighted by atomic mass is 9.95. The molecule has 0 spiro atoms. The maximum atomic E-state index is 4.34. The van der Waals surface area contributed by atoms with Crippen molar-refractivity contribution in [2.24, 2.45) is 7.05 Å². The summed E-state index contributed by atoms with van der Waals surface area (Å²) in [6.07, 6.45) is 6.65.